The van der Waals surface area contributed by atoms with Crippen molar-refractivity contribution in [2.24, 2.45) is 11.8 Å². The number of rotatable bonds is 78. The molecule has 0 heterocycles. The summed E-state index contributed by atoms with van der Waals surface area (Å²) in [6.07, 6.45) is 59.5. The zero-order valence-electron chi connectivity index (χ0n) is 64.1. The summed E-state index contributed by atoms with van der Waals surface area (Å²) in [4.78, 5) is 73.0. The Morgan fingerprint density at radius 1 is 0.296 bits per heavy atom. The Morgan fingerprint density at radius 3 is 0.776 bits per heavy atom. The van der Waals surface area contributed by atoms with E-state index < -0.39 is 97.5 Å². The second kappa shape index (κ2) is 70.7. The smallest absolute Gasteiger partial charge is 0.462 e. The van der Waals surface area contributed by atoms with E-state index in [0.717, 1.165) is 102 Å². The molecule has 0 fully saturated rings. The van der Waals surface area contributed by atoms with Crippen LogP contribution in [0.25, 0.3) is 0 Å². The van der Waals surface area contributed by atoms with Gasteiger partial charge in [-0.15, -0.1) is 0 Å². The van der Waals surface area contributed by atoms with Gasteiger partial charge in [0, 0.05) is 25.7 Å². The molecule has 3 N–H and O–H groups in total. The third kappa shape index (κ3) is 71.1. The van der Waals surface area contributed by atoms with Crippen molar-refractivity contribution in [1.82, 2.24) is 0 Å². The van der Waals surface area contributed by atoms with E-state index in [4.69, 9.17) is 37.0 Å². The molecule has 582 valence electrons. The maximum Gasteiger partial charge on any atom is 0.472 e. The summed E-state index contributed by atoms with van der Waals surface area (Å²) in [5.74, 6) is -0.538. The van der Waals surface area contributed by atoms with Crippen LogP contribution in [0.2, 0.25) is 0 Å². The minimum atomic E-state index is -4.96. The first-order valence-electron chi connectivity index (χ1n) is 41.0. The molecular weight excluding hydrogens is 1280 g/mol. The summed E-state index contributed by atoms with van der Waals surface area (Å²) in [6, 6.07) is 0. The molecule has 0 aliphatic carbocycles. The minimum absolute atomic E-state index is 0.106. The molecule has 0 aromatic heterocycles. The SMILES string of the molecule is CCCCCCCCCCCCCCCCCCC(=O)OC[C@H](COP(=O)(O)OC[C@@H](O)COP(=O)(O)OC[C@@H](COC(=O)CCCCCCCCCCCCCC)OC(=O)CCCCCCCCCCC(C)CC)OC(=O)CCCCCCCCCCCCCCCCCC(C)C. The van der Waals surface area contributed by atoms with Gasteiger partial charge in [-0.05, 0) is 37.5 Å². The van der Waals surface area contributed by atoms with E-state index >= 15 is 0 Å². The van der Waals surface area contributed by atoms with Gasteiger partial charge in [0.25, 0.3) is 0 Å². The average molecular weight is 1440 g/mol. The zero-order valence-corrected chi connectivity index (χ0v) is 65.9. The van der Waals surface area contributed by atoms with Gasteiger partial charge in [-0.25, -0.2) is 9.13 Å². The van der Waals surface area contributed by atoms with Gasteiger partial charge in [0.15, 0.2) is 12.2 Å². The van der Waals surface area contributed by atoms with Crippen LogP contribution in [-0.4, -0.2) is 96.7 Å². The second-order valence-corrected chi connectivity index (χ2v) is 32.1. The lowest BCUT2D eigenvalue weighted by Crippen LogP contribution is -2.30. The van der Waals surface area contributed by atoms with Crippen LogP contribution < -0.4 is 0 Å². The Labute approximate surface area is 600 Å². The second-order valence-electron chi connectivity index (χ2n) is 29.2. The van der Waals surface area contributed by atoms with Gasteiger partial charge in [-0.2, -0.15) is 0 Å². The van der Waals surface area contributed by atoms with E-state index in [1.807, 2.05) is 0 Å². The molecule has 0 bridgehead atoms. The Bertz CT molecular complexity index is 1890. The highest BCUT2D eigenvalue weighted by molar-refractivity contribution is 7.47. The van der Waals surface area contributed by atoms with Gasteiger partial charge in [0.05, 0.1) is 26.4 Å². The molecule has 19 heteroatoms. The first kappa shape index (κ1) is 96.1. The quantitative estimate of drug-likeness (QED) is 0.0222. The lowest BCUT2D eigenvalue weighted by molar-refractivity contribution is -0.161. The van der Waals surface area contributed by atoms with Gasteiger partial charge in [0.1, 0.15) is 19.3 Å². The van der Waals surface area contributed by atoms with Gasteiger partial charge in [-0.1, -0.05) is 363 Å². The highest BCUT2D eigenvalue weighted by atomic mass is 31.2. The first-order chi connectivity index (χ1) is 47.4. The van der Waals surface area contributed by atoms with Crippen LogP contribution in [0.15, 0.2) is 0 Å². The van der Waals surface area contributed by atoms with Crippen LogP contribution in [-0.2, 0) is 65.4 Å². The summed E-state index contributed by atoms with van der Waals surface area (Å²) in [7, 11) is -9.92. The molecule has 0 spiro atoms. The largest absolute Gasteiger partial charge is 0.472 e. The molecule has 0 aromatic rings. The van der Waals surface area contributed by atoms with Gasteiger partial charge >= 0.3 is 39.5 Å². The van der Waals surface area contributed by atoms with E-state index in [9.17, 15) is 43.2 Å². The predicted octanol–water partition coefficient (Wildman–Crippen LogP) is 23.5. The lowest BCUT2D eigenvalue weighted by Gasteiger charge is -2.21. The summed E-state index contributed by atoms with van der Waals surface area (Å²) >= 11 is 0. The summed E-state index contributed by atoms with van der Waals surface area (Å²) in [5.41, 5.74) is 0. The van der Waals surface area contributed by atoms with Crippen LogP contribution in [0.1, 0.15) is 414 Å². The number of ether oxygens (including phenoxy) is 4. The van der Waals surface area contributed by atoms with Crippen LogP contribution in [0.5, 0.6) is 0 Å². The van der Waals surface area contributed by atoms with E-state index in [-0.39, 0.29) is 25.7 Å². The number of carbonyl (C=O) groups excluding carboxylic acids is 4. The van der Waals surface area contributed by atoms with Crippen molar-refractivity contribution < 1.29 is 80.2 Å². The monoisotopic (exact) mass is 1440 g/mol. The number of aliphatic hydroxyl groups is 1. The fourth-order valence-corrected chi connectivity index (χ4v) is 13.7. The van der Waals surface area contributed by atoms with Crippen molar-refractivity contribution in [3.8, 4) is 0 Å². The number of hydrogen-bond donors (Lipinski definition) is 3. The summed E-state index contributed by atoms with van der Waals surface area (Å²) in [5, 5.41) is 10.6. The minimum Gasteiger partial charge on any atom is -0.462 e. The van der Waals surface area contributed by atoms with Gasteiger partial charge < -0.3 is 33.8 Å². The third-order valence-corrected chi connectivity index (χ3v) is 20.7. The van der Waals surface area contributed by atoms with Crippen molar-refractivity contribution in [3.05, 3.63) is 0 Å². The highest BCUT2D eigenvalue weighted by Gasteiger charge is 2.30. The molecule has 3 unspecified atom stereocenters. The van der Waals surface area contributed by atoms with E-state index in [2.05, 4.69) is 41.5 Å². The van der Waals surface area contributed by atoms with Gasteiger partial charge in [0.2, 0.25) is 0 Å². The first-order valence-corrected chi connectivity index (χ1v) is 44.0. The Kier molecular flexibility index (Phi) is 69.3. The van der Waals surface area contributed by atoms with Crippen molar-refractivity contribution in [2.45, 2.75) is 432 Å². The maximum atomic E-state index is 13.1. The molecule has 0 aliphatic heterocycles. The Morgan fingerprint density at radius 2 is 0.520 bits per heavy atom. The van der Waals surface area contributed by atoms with Gasteiger partial charge in [-0.3, -0.25) is 37.3 Å². The van der Waals surface area contributed by atoms with Crippen molar-refractivity contribution in [3.63, 3.8) is 0 Å². The molecule has 0 rings (SSSR count). The normalized spacial score (nSPS) is 14.2. The molecule has 6 atom stereocenters. The Hall–Kier alpha value is -1.94. The van der Waals surface area contributed by atoms with Crippen LogP contribution in [0.3, 0.4) is 0 Å². The average Bonchev–Trinajstić information content (AvgIpc) is 1.10. The number of esters is 4. The lowest BCUT2D eigenvalue weighted by atomic mass is 9.99. The Balaban J connectivity index is 5.25. The van der Waals surface area contributed by atoms with Crippen LogP contribution in [0, 0.1) is 11.8 Å². The van der Waals surface area contributed by atoms with Crippen molar-refractivity contribution in [2.75, 3.05) is 39.6 Å². The predicted molar refractivity (Wildman–Crippen MR) is 400 cm³/mol. The molecule has 0 amide bonds. The molecule has 17 nitrogen and oxygen atoms in total. The molecular formula is C79H154O17P2. The van der Waals surface area contributed by atoms with Crippen LogP contribution in [0.4, 0.5) is 0 Å². The summed E-state index contributed by atoms with van der Waals surface area (Å²) in [6.45, 7) is 9.65. The van der Waals surface area contributed by atoms with E-state index in [1.54, 1.807) is 0 Å². The van der Waals surface area contributed by atoms with Crippen LogP contribution >= 0.6 is 15.6 Å². The van der Waals surface area contributed by atoms with E-state index in [0.29, 0.717) is 25.7 Å². The number of carbonyl (C=O) groups is 4. The molecule has 0 saturated carbocycles. The molecule has 0 aromatic carbocycles. The number of unbranched alkanes of at least 4 members (excludes halogenated alkanes) is 47. The zero-order chi connectivity index (χ0) is 72.1. The maximum absolute atomic E-state index is 13.1. The molecule has 0 aliphatic rings. The fourth-order valence-electron chi connectivity index (χ4n) is 12.2. The molecule has 0 radical (unpaired) electrons. The molecule has 0 saturated heterocycles. The van der Waals surface area contributed by atoms with E-state index in [1.165, 1.54) is 231 Å². The highest BCUT2D eigenvalue weighted by Crippen LogP contribution is 2.45. The fraction of sp³-hybridized carbons (Fsp3) is 0.949. The number of hydrogen-bond acceptors (Lipinski definition) is 15. The number of phosphoric acid groups is 2. The topological polar surface area (TPSA) is 237 Å². The number of phosphoric ester groups is 2. The number of aliphatic hydroxyl groups excluding tert-OH is 1. The van der Waals surface area contributed by atoms with Crippen molar-refractivity contribution >= 4 is 39.5 Å². The molecule has 98 heavy (non-hydrogen) atoms. The third-order valence-electron chi connectivity index (χ3n) is 18.8. The standard InChI is InChI=1S/C79H154O17P2/c1-7-10-12-14-16-18-20-22-23-26-29-33-37-44-50-56-62-77(82)89-67-74(95-78(83)63-57-51-45-38-34-30-27-24-25-28-31-35-41-47-53-59-71(4)5)69-93-97(85,86)91-65-73(80)66-92-98(87,88)94-70-75(96-79(84)64-58-52-46-40-39-42-48-54-60-72(6)9-3)68-90-76(81)61-55-49-43-36-32-21-19-17-15-13-11-8-2/h71-75,80H,7-70H2,1-6H3,(H,85,86)(H,87,88)/t72?,73-,74-,75-/m1/s1. The van der Waals surface area contributed by atoms with Crippen molar-refractivity contribution in [1.29, 1.82) is 0 Å². The summed E-state index contributed by atoms with van der Waals surface area (Å²) < 4.78 is 68.7.